The van der Waals surface area contributed by atoms with Crippen molar-refractivity contribution in [3.63, 3.8) is 0 Å². The van der Waals surface area contributed by atoms with E-state index in [2.05, 4.69) is 5.32 Å². The summed E-state index contributed by atoms with van der Waals surface area (Å²) in [5, 5.41) is 12.3. The average molecular weight is 370 g/mol. The zero-order chi connectivity index (χ0) is 18.4. The van der Waals surface area contributed by atoms with E-state index in [1.165, 1.54) is 6.07 Å². The molecule has 2 rings (SSSR count). The number of nitrogens with one attached hydrogen (secondary N) is 1. The molecule has 0 aliphatic heterocycles. The van der Waals surface area contributed by atoms with Crippen LogP contribution in [0.1, 0.15) is 49.9 Å². The third kappa shape index (κ3) is 4.78. The van der Waals surface area contributed by atoms with E-state index in [1.54, 1.807) is 6.07 Å². The predicted octanol–water partition coefficient (Wildman–Crippen LogP) is 3.51. The van der Waals surface area contributed by atoms with Gasteiger partial charge in [0, 0.05) is 11.6 Å². The fourth-order valence-electron chi connectivity index (χ4n) is 2.99. The van der Waals surface area contributed by atoms with Crippen molar-refractivity contribution in [3.05, 3.63) is 22.7 Å². The molecule has 0 bridgehead atoms. The lowest BCUT2D eigenvalue weighted by Gasteiger charge is -2.19. The molecule has 0 aromatic heterocycles. The molecule has 1 aliphatic carbocycles. The highest BCUT2D eigenvalue weighted by Gasteiger charge is 2.34. The highest BCUT2D eigenvalue weighted by molar-refractivity contribution is 6.32. The van der Waals surface area contributed by atoms with Gasteiger partial charge in [0.2, 0.25) is 0 Å². The van der Waals surface area contributed by atoms with Crippen LogP contribution in [0.15, 0.2) is 12.1 Å². The monoisotopic (exact) mass is 369 g/mol. The van der Waals surface area contributed by atoms with E-state index < -0.39 is 11.9 Å². The number of hydrogen-bond acceptors (Lipinski definition) is 4. The second-order valence-electron chi connectivity index (χ2n) is 6.02. The van der Waals surface area contributed by atoms with Crippen LogP contribution in [0.2, 0.25) is 5.02 Å². The lowest BCUT2D eigenvalue weighted by molar-refractivity contribution is -0.142. The highest BCUT2D eigenvalue weighted by atomic mass is 35.5. The molecule has 138 valence electrons. The normalized spacial score (nSPS) is 19.5. The van der Waals surface area contributed by atoms with Crippen molar-refractivity contribution < 1.29 is 24.2 Å². The first kappa shape index (κ1) is 19.4. The Morgan fingerprint density at radius 1 is 1.28 bits per heavy atom. The summed E-state index contributed by atoms with van der Waals surface area (Å²) in [5.74, 6) is -0.943. The van der Waals surface area contributed by atoms with Crippen molar-refractivity contribution in [1.82, 2.24) is 5.32 Å². The van der Waals surface area contributed by atoms with Crippen LogP contribution in [0.4, 0.5) is 0 Å². The Balaban J connectivity index is 2.20. The number of carbonyl (C=O) groups excluding carboxylic acids is 1. The summed E-state index contributed by atoms with van der Waals surface area (Å²) in [6, 6.07) is 2.74. The maximum Gasteiger partial charge on any atom is 0.308 e. The number of aliphatic carboxylic acids is 1. The second-order valence-corrected chi connectivity index (χ2v) is 6.43. The number of hydrogen-bond donors (Lipinski definition) is 2. The van der Waals surface area contributed by atoms with Crippen molar-refractivity contribution in [3.8, 4) is 11.5 Å². The quantitative estimate of drug-likeness (QED) is 0.732. The molecule has 0 heterocycles. The van der Waals surface area contributed by atoms with Crippen molar-refractivity contribution in [1.29, 1.82) is 0 Å². The van der Waals surface area contributed by atoms with E-state index in [0.717, 1.165) is 12.8 Å². The minimum absolute atomic E-state index is 0.297. The highest BCUT2D eigenvalue weighted by Crippen LogP contribution is 2.37. The van der Waals surface area contributed by atoms with Crippen molar-refractivity contribution in [2.24, 2.45) is 5.92 Å². The molecule has 0 unspecified atom stereocenters. The van der Waals surface area contributed by atoms with E-state index in [-0.39, 0.29) is 11.9 Å². The Labute approximate surface area is 152 Å². The minimum Gasteiger partial charge on any atom is -0.490 e. The number of halogens is 1. The van der Waals surface area contributed by atoms with Gasteiger partial charge in [-0.3, -0.25) is 9.59 Å². The third-order valence-electron chi connectivity index (χ3n) is 4.17. The third-order valence-corrected chi connectivity index (χ3v) is 4.45. The summed E-state index contributed by atoms with van der Waals surface area (Å²) >= 11 is 6.27. The van der Waals surface area contributed by atoms with Crippen LogP contribution in [0.3, 0.4) is 0 Å². The molecule has 1 aromatic carbocycles. The summed E-state index contributed by atoms with van der Waals surface area (Å²) < 4.78 is 11.2. The van der Waals surface area contributed by atoms with Gasteiger partial charge in [-0.05, 0) is 38.3 Å². The van der Waals surface area contributed by atoms with E-state index >= 15 is 0 Å². The van der Waals surface area contributed by atoms with Crippen LogP contribution >= 0.6 is 11.6 Å². The molecule has 25 heavy (non-hydrogen) atoms. The van der Waals surface area contributed by atoms with Crippen molar-refractivity contribution in [2.45, 2.75) is 45.6 Å². The first-order chi connectivity index (χ1) is 12.0. The Morgan fingerprint density at radius 3 is 2.68 bits per heavy atom. The second kappa shape index (κ2) is 8.94. The largest absolute Gasteiger partial charge is 0.490 e. The molecule has 1 aliphatic rings. The van der Waals surface area contributed by atoms with Crippen LogP contribution in [0.25, 0.3) is 0 Å². The van der Waals surface area contributed by atoms with E-state index in [0.29, 0.717) is 48.1 Å². The zero-order valence-corrected chi connectivity index (χ0v) is 15.3. The summed E-state index contributed by atoms with van der Waals surface area (Å²) in [7, 11) is 0. The SMILES string of the molecule is CCCOc1c(Cl)cc(C(=O)N[C@@H]2CCC[C@@H]2C(=O)O)cc1OCC. The molecule has 0 radical (unpaired) electrons. The molecule has 1 saturated carbocycles. The van der Waals surface area contributed by atoms with Crippen molar-refractivity contribution in [2.75, 3.05) is 13.2 Å². The van der Waals surface area contributed by atoms with Crippen LogP contribution in [-0.4, -0.2) is 36.2 Å². The number of rotatable bonds is 8. The lowest BCUT2D eigenvalue weighted by Crippen LogP contribution is -2.40. The first-order valence-electron chi connectivity index (χ1n) is 8.60. The number of carbonyl (C=O) groups is 2. The van der Waals surface area contributed by atoms with Crippen molar-refractivity contribution >= 4 is 23.5 Å². The minimum atomic E-state index is -0.876. The summed E-state index contributed by atoms with van der Waals surface area (Å²) in [5.41, 5.74) is 0.327. The molecule has 0 spiro atoms. The summed E-state index contributed by atoms with van der Waals surface area (Å²) in [6.07, 6.45) is 2.85. The van der Waals surface area contributed by atoms with E-state index in [4.69, 9.17) is 21.1 Å². The first-order valence-corrected chi connectivity index (χ1v) is 8.98. The Bertz CT molecular complexity index is 634. The molecule has 1 fully saturated rings. The Kier molecular flexibility index (Phi) is 6.93. The topological polar surface area (TPSA) is 84.9 Å². The van der Waals surface area contributed by atoms with Gasteiger partial charge >= 0.3 is 5.97 Å². The van der Waals surface area contributed by atoms with Crippen LogP contribution < -0.4 is 14.8 Å². The van der Waals surface area contributed by atoms with Gasteiger partial charge in [0.1, 0.15) is 0 Å². The maximum atomic E-state index is 12.5. The molecule has 6 nitrogen and oxygen atoms in total. The van der Waals surface area contributed by atoms with E-state index in [9.17, 15) is 14.7 Å². The van der Waals surface area contributed by atoms with Crippen LogP contribution in [0, 0.1) is 5.92 Å². The molecule has 1 amide bonds. The number of benzene rings is 1. The maximum absolute atomic E-state index is 12.5. The fraction of sp³-hybridized carbons (Fsp3) is 0.556. The molecule has 7 heteroatoms. The number of carboxylic acids is 1. The average Bonchev–Trinajstić information content (AvgIpc) is 3.02. The van der Waals surface area contributed by atoms with Gasteiger partial charge in [-0.1, -0.05) is 24.9 Å². The van der Waals surface area contributed by atoms with Gasteiger partial charge in [-0.2, -0.15) is 0 Å². The van der Waals surface area contributed by atoms with Crippen LogP contribution in [0.5, 0.6) is 11.5 Å². The molecule has 2 atom stereocenters. The molecule has 1 aromatic rings. The number of amides is 1. The van der Waals surface area contributed by atoms with Crippen LogP contribution in [-0.2, 0) is 4.79 Å². The summed E-state index contributed by atoms with van der Waals surface area (Å²) in [4.78, 5) is 23.8. The number of carboxylic acid groups (broad SMARTS) is 1. The number of ether oxygens (including phenoxy) is 2. The van der Waals surface area contributed by atoms with Gasteiger partial charge < -0.3 is 19.9 Å². The fourth-order valence-corrected chi connectivity index (χ4v) is 3.25. The Hall–Kier alpha value is -1.95. The van der Waals surface area contributed by atoms with Gasteiger partial charge in [-0.25, -0.2) is 0 Å². The Morgan fingerprint density at radius 2 is 2.04 bits per heavy atom. The lowest BCUT2D eigenvalue weighted by atomic mass is 10.0. The van der Waals surface area contributed by atoms with Gasteiger partial charge in [0.25, 0.3) is 5.91 Å². The molecular weight excluding hydrogens is 346 g/mol. The van der Waals surface area contributed by atoms with Gasteiger partial charge in [-0.15, -0.1) is 0 Å². The van der Waals surface area contributed by atoms with Gasteiger partial charge in [0.05, 0.1) is 24.2 Å². The molecule has 0 saturated heterocycles. The predicted molar refractivity (Wildman–Crippen MR) is 94.6 cm³/mol. The van der Waals surface area contributed by atoms with Gasteiger partial charge in [0.15, 0.2) is 11.5 Å². The molecule has 2 N–H and O–H groups in total. The van der Waals surface area contributed by atoms with E-state index in [1.807, 2.05) is 13.8 Å². The summed E-state index contributed by atoms with van der Waals surface area (Å²) in [6.45, 7) is 4.72. The molecular formula is C18H24ClNO5. The zero-order valence-electron chi connectivity index (χ0n) is 14.5. The standard InChI is InChI=1S/C18H24ClNO5/c1-3-8-25-16-13(19)9-11(10-15(16)24-4-2)17(21)20-14-7-5-6-12(14)18(22)23/h9-10,12,14H,3-8H2,1-2H3,(H,20,21)(H,22,23)/t12-,14+/m0/s1. The smallest absolute Gasteiger partial charge is 0.308 e.